The van der Waals surface area contributed by atoms with Crippen LogP contribution < -0.4 is 0 Å². The second kappa shape index (κ2) is 6.57. The molecule has 0 fully saturated rings. The molecule has 2 aromatic rings. The second-order valence-electron chi connectivity index (χ2n) is 5.50. The van der Waals surface area contributed by atoms with Crippen LogP contribution in [-0.2, 0) is 15.1 Å². The van der Waals surface area contributed by atoms with E-state index in [-0.39, 0.29) is 11.9 Å². The molecular formula is C19H22O2. The summed E-state index contributed by atoms with van der Waals surface area (Å²) in [7, 11) is 0. The van der Waals surface area contributed by atoms with Crippen LogP contribution in [0.15, 0.2) is 60.7 Å². The first-order chi connectivity index (χ1) is 10.1. The molecule has 0 radical (unpaired) electrons. The zero-order valence-electron chi connectivity index (χ0n) is 12.9. The van der Waals surface area contributed by atoms with Gasteiger partial charge in [0.15, 0.2) is 5.60 Å². The molecule has 2 heteroatoms. The topological polar surface area (TPSA) is 26.3 Å². The fraction of sp³-hybridized carbons (Fsp3) is 0.316. The summed E-state index contributed by atoms with van der Waals surface area (Å²) in [5, 5.41) is 0. The lowest BCUT2D eigenvalue weighted by Gasteiger charge is -2.31. The number of hydrogen-bond acceptors (Lipinski definition) is 2. The zero-order chi connectivity index (χ0) is 15.3. The van der Waals surface area contributed by atoms with Crippen molar-refractivity contribution in [1.82, 2.24) is 0 Å². The van der Waals surface area contributed by atoms with Gasteiger partial charge in [0, 0.05) is 0 Å². The van der Waals surface area contributed by atoms with Crippen LogP contribution in [0.5, 0.6) is 0 Å². The Bertz CT molecular complexity index is 536. The number of rotatable bonds is 5. The van der Waals surface area contributed by atoms with E-state index in [4.69, 9.17) is 4.74 Å². The van der Waals surface area contributed by atoms with Crippen molar-refractivity contribution in [3.05, 3.63) is 71.8 Å². The van der Waals surface area contributed by atoms with Gasteiger partial charge in [0.05, 0.1) is 5.92 Å². The van der Waals surface area contributed by atoms with Gasteiger partial charge < -0.3 is 4.74 Å². The number of esters is 1. The Morgan fingerprint density at radius 3 is 1.81 bits per heavy atom. The standard InChI is InChI=1S/C19H22O2/c1-4-15(2)18(20)21-19(3,16-11-7-5-8-12-16)17-13-9-6-10-14-17/h5-15H,4H2,1-3H3. The summed E-state index contributed by atoms with van der Waals surface area (Å²) in [6, 6.07) is 19.8. The summed E-state index contributed by atoms with van der Waals surface area (Å²) in [6.45, 7) is 5.85. The zero-order valence-corrected chi connectivity index (χ0v) is 12.9. The molecule has 0 aromatic heterocycles. The Balaban J connectivity index is 2.43. The van der Waals surface area contributed by atoms with Gasteiger partial charge >= 0.3 is 5.97 Å². The van der Waals surface area contributed by atoms with E-state index in [1.165, 1.54) is 0 Å². The molecule has 1 atom stereocenters. The third kappa shape index (κ3) is 3.33. The summed E-state index contributed by atoms with van der Waals surface area (Å²) in [5.41, 5.74) is 1.20. The first kappa shape index (κ1) is 15.3. The maximum absolute atomic E-state index is 12.3. The van der Waals surface area contributed by atoms with E-state index >= 15 is 0 Å². The molecule has 0 saturated heterocycles. The Morgan fingerprint density at radius 2 is 1.43 bits per heavy atom. The number of carbonyl (C=O) groups excluding carboxylic acids is 1. The van der Waals surface area contributed by atoms with Gasteiger partial charge in [0.25, 0.3) is 0 Å². The van der Waals surface area contributed by atoms with Gasteiger partial charge in [-0.15, -0.1) is 0 Å². The van der Waals surface area contributed by atoms with Crippen molar-refractivity contribution in [2.75, 3.05) is 0 Å². The van der Waals surface area contributed by atoms with Crippen molar-refractivity contribution < 1.29 is 9.53 Å². The molecule has 0 amide bonds. The van der Waals surface area contributed by atoms with E-state index in [0.717, 1.165) is 17.5 Å². The fourth-order valence-electron chi connectivity index (χ4n) is 2.27. The highest BCUT2D eigenvalue weighted by molar-refractivity contribution is 5.73. The summed E-state index contributed by atoms with van der Waals surface area (Å²) in [6.07, 6.45) is 0.776. The molecule has 0 aliphatic rings. The predicted molar refractivity (Wildman–Crippen MR) is 84.9 cm³/mol. The molecule has 21 heavy (non-hydrogen) atoms. The third-order valence-electron chi connectivity index (χ3n) is 3.97. The average Bonchev–Trinajstić information content (AvgIpc) is 2.55. The smallest absolute Gasteiger partial charge is 0.309 e. The molecular weight excluding hydrogens is 260 g/mol. The van der Waals surface area contributed by atoms with Gasteiger partial charge in [-0.3, -0.25) is 4.79 Å². The molecule has 110 valence electrons. The average molecular weight is 282 g/mol. The molecule has 0 spiro atoms. The number of ether oxygens (including phenoxy) is 1. The van der Waals surface area contributed by atoms with E-state index < -0.39 is 5.60 Å². The second-order valence-corrected chi connectivity index (χ2v) is 5.50. The summed E-state index contributed by atoms with van der Waals surface area (Å²) < 4.78 is 5.92. The molecule has 2 aromatic carbocycles. The maximum atomic E-state index is 12.3. The van der Waals surface area contributed by atoms with Crippen LogP contribution in [0.25, 0.3) is 0 Å². The molecule has 0 N–H and O–H groups in total. The Labute approximate surface area is 126 Å². The largest absolute Gasteiger partial charge is 0.449 e. The normalized spacial score (nSPS) is 12.7. The lowest BCUT2D eigenvalue weighted by Crippen LogP contribution is -2.32. The SMILES string of the molecule is CCC(C)C(=O)OC(C)(c1ccccc1)c1ccccc1. The molecule has 0 saturated carbocycles. The van der Waals surface area contributed by atoms with Crippen molar-refractivity contribution in [2.45, 2.75) is 32.8 Å². The van der Waals surface area contributed by atoms with Crippen molar-refractivity contribution in [1.29, 1.82) is 0 Å². The van der Waals surface area contributed by atoms with Gasteiger partial charge in [0.2, 0.25) is 0 Å². The highest BCUT2D eigenvalue weighted by Gasteiger charge is 2.34. The Morgan fingerprint density at radius 1 is 1.00 bits per heavy atom. The highest BCUT2D eigenvalue weighted by Crippen LogP contribution is 2.34. The quantitative estimate of drug-likeness (QED) is 0.753. The highest BCUT2D eigenvalue weighted by atomic mass is 16.6. The number of hydrogen-bond donors (Lipinski definition) is 0. The van der Waals surface area contributed by atoms with E-state index in [1.807, 2.05) is 81.4 Å². The minimum absolute atomic E-state index is 0.100. The summed E-state index contributed by atoms with van der Waals surface area (Å²) >= 11 is 0. The first-order valence-electron chi connectivity index (χ1n) is 7.42. The molecule has 0 aliphatic carbocycles. The van der Waals surface area contributed by atoms with Crippen LogP contribution >= 0.6 is 0 Å². The van der Waals surface area contributed by atoms with Crippen molar-refractivity contribution in [2.24, 2.45) is 5.92 Å². The minimum Gasteiger partial charge on any atom is -0.449 e. The molecule has 1 unspecified atom stereocenters. The van der Waals surface area contributed by atoms with Gasteiger partial charge in [0.1, 0.15) is 0 Å². The van der Waals surface area contributed by atoms with Crippen LogP contribution in [0.2, 0.25) is 0 Å². The summed E-state index contributed by atoms with van der Waals surface area (Å²) in [5.74, 6) is -0.260. The third-order valence-corrected chi connectivity index (χ3v) is 3.97. The first-order valence-corrected chi connectivity index (χ1v) is 7.42. The molecule has 0 aliphatic heterocycles. The monoisotopic (exact) mass is 282 g/mol. The van der Waals surface area contributed by atoms with E-state index in [0.29, 0.717) is 0 Å². The van der Waals surface area contributed by atoms with E-state index in [2.05, 4.69) is 0 Å². The van der Waals surface area contributed by atoms with Crippen LogP contribution in [0, 0.1) is 5.92 Å². The number of carbonyl (C=O) groups is 1. The fourth-order valence-corrected chi connectivity index (χ4v) is 2.27. The van der Waals surface area contributed by atoms with Crippen LogP contribution in [0.1, 0.15) is 38.3 Å². The predicted octanol–water partition coefficient (Wildman–Crippen LogP) is 4.54. The van der Waals surface area contributed by atoms with Crippen LogP contribution in [0.4, 0.5) is 0 Å². The van der Waals surface area contributed by atoms with E-state index in [9.17, 15) is 4.79 Å². The van der Waals surface area contributed by atoms with Gasteiger partial charge in [-0.2, -0.15) is 0 Å². The molecule has 0 heterocycles. The molecule has 2 rings (SSSR count). The molecule has 2 nitrogen and oxygen atoms in total. The van der Waals surface area contributed by atoms with Gasteiger partial charge in [-0.05, 0) is 24.5 Å². The van der Waals surface area contributed by atoms with Crippen molar-refractivity contribution >= 4 is 5.97 Å². The summed E-state index contributed by atoms with van der Waals surface area (Å²) in [4.78, 5) is 12.3. The maximum Gasteiger partial charge on any atom is 0.309 e. The minimum atomic E-state index is -0.761. The van der Waals surface area contributed by atoms with E-state index in [1.54, 1.807) is 0 Å². The van der Waals surface area contributed by atoms with Gasteiger partial charge in [-0.1, -0.05) is 74.5 Å². The lowest BCUT2D eigenvalue weighted by molar-refractivity contribution is -0.160. The number of benzene rings is 2. The Hall–Kier alpha value is -2.09. The molecule has 0 bridgehead atoms. The van der Waals surface area contributed by atoms with Gasteiger partial charge in [-0.25, -0.2) is 0 Å². The Kier molecular flexibility index (Phi) is 4.79. The lowest BCUT2D eigenvalue weighted by atomic mass is 9.87. The van der Waals surface area contributed by atoms with Crippen LogP contribution in [-0.4, -0.2) is 5.97 Å². The van der Waals surface area contributed by atoms with Crippen molar-refractivity contribution in [3.8, 4) is 0 Å². The van der Waals surface area contributed by atoms with Crippen molar-refractivity contribution in [3.63, 3.8) is 0 Å². The van der Waals surface area contributed by atoms with Crippen LogP contribution in [0.3, 0.4) is 0 Å².